The molecule has 0 fully saturated rings. The van der Waals surface area contributed by atoms with Crippen molar-refractivity contribution >= 4 is 29.2 Å². The van der Waals surface area contributed by atoms with Crippen LogP contribution in [0.1, 0.15) is 36.1 Å². The maximum absolute atomic E-state index is 13.0. The molecule has 0 radical (unpaired) electrons. The number of aromatic nitrogens is 1. The van der Waals surface area contributed by atoms with E-state index in [2.05, 4.69) is 21.5 Å². The molecule has 1 unspecified atom stereocenters. The molecule has 0 spiro atoms. The topological polar surface area (TPSA) is 95.4 Å². The first-order valence-corrected chi connectivity index (χ1v) is 11.1. The molecule has 0 aliphatic carbocycles. The van der Waals surface area contributed by atoms with E-state index in [9.17, 15) is 10.1 Å². The van der Waals surface area contributed by atoms with E-state index in [0.29, 0.717) is 18.4 Å². The van der Waals surface area contributed by atoms with Gasteiger partial charge in [0.25, 0.3) is 0 Å². The van der Waals surface area contributed by atoms with Gasteiger partial charge in [0, 0.05) is 30.3 Å². The summed E-state index contributed by atoms with van der Waals surface area (Å²) in [7, 11) is 1.67. The first-order valence-electron chi connectivity index (χ1n) is 10.2. The van der Waals surface area contributed by atoms with Gasteiger partial charge in [0.05, 0.1) is 23.2 Å². The fraction of sp³-hybridized carbons (Fsp3) is 0.250. The first-order chi connectivity index (χ1) is 15.1. The third kappa shape index (κ3) is 4.54. The van der Waals surface area contributed by atoms with Gasteiger partial charge in [-0.05, 0) is 60.1 Å². The van der Waals surface area contributed by atoms with Crippen LogP contribution < -0.4 is 5.73 Å². The number of nitriles is 1. The Bertz CT molecular complexity index is 1130. The Morgan fingerprint density at radius 1 is 1.29 bits per heavy atom. The molecule has 0 bridgehead atoms. The minimum absolute atomic E-state index is 0.0171. The van der Waals surface area contributed by atoms with Crippen LogP contribution >= 0.6 is 11.8 Å². The van der Waals surface area contributed by atoms with Crippen molar-refractivity contribution in [3.05, 3.63) is 81.5 Å². The highest BCUT2D eigenvalue weighted by atomic mass is 32.2. The molecule has 7 heteroatoms. The molecule has 4 rings (SSSR count). The molecule has 31 heavy (non-hydrogen) atoms. The lowest BCUT2D eigenvalue weighted by atomic mass is 9.93. The van der Waals surface area contributed by atoms with Crippen LogP contribution in [0.25, 0.3) is 5.57 Å². The minimum Gasteiger partial charge on any atom is -0.369 e. The van der Waals surface area contributed by atoms with Gasteiger partial charge in [0.2, 0.25) is 11.9 Å². The zero-order chi connectivity index (χ0) is 21.8. The number of rotatable bonds is 5. The monoisotopic (exact) mass is 429 g/mol. The molecule has 1 aromatic carbocycles. The second kappa shape index (κ2) is 9.19. The van der Waals surface area contributed by atoms with E-state index in [0.717, 1.165) is 40.3 Å². The standard InChI is InChI=1S/C24H23N5OS/c1-29-23(30)20(10-5-9-19-8-2-3-11-27-19)22(28-24(29)26)21-13-18(15-31-21)17-7-4-6-16(12-17)14-25/h2-4,6-8,11-12,15,20H,5,9-10,13H2,1H3,(H2,26,28)/b22-21+. The summed E-state index contributed by atoms with van der Waals surface area (Å²) in [5.74, 6) is -0.104. The number of carbonyl (C=O) groups excluding carboxylic acids is 1. The average molecular weight is 430 g/mol. The molecule has 2 aliphatic rings. The normalized spacial score (nSPS) is 21.0. The van der Waals surface area contributed by atoms with Gasteiger partial charge in [0.15, 0.2) is 0 Å². The zero-order valence-electron chi connectivity index (χ0n) is 17.3. The Kier molecular flexibility index (Phi) is 6.19. The van der Waals surface area contributed by atoms with Crippen LogP contribution in [-0.2, 0) is 11.2 Å². The number of nitrogens with zero attached hydrogens (tertiary/aromatic N) is 4. The van der Waals surface area contributed by atoms with Crippen LogP contribution in [0.5, 0.6) is 0 Å². The fourth-order valence-electron chi connectivity index (χ4n) is 3.80. The lowest BCUT2D eigenvalue weighted by Crippen LogP contribution is -2.46. The lowest BCUT2D eigenvalue weighted by molar-refractivity contribution is -0.130. The van der Waals surface area contributed by atoms with E-state index in [4.69, 9.17) is 5.73 Å². The number of guanidine groups is 1. The molecule has 156 valence electrons. The van der Waals surface area contributed by atoms with E-state index in [1.54, 1.807) is 31.1 Å². The van der Waals surface area contributed by atoms with Gasteiger partial charge in [-0.1, -0.05) is 30.0 Å². The summed E-state index contributed by atoms with van der Waals surface area (Å²) < 4.78 is 0. The van der Waals surface area contributed by atoms with E-state index < -0.39 is 0 Å². The Morgan fingerprint density at radius 3 is 2.94 bits per heavy atom. The number of pyridine rings is 1. The molecular weight excluding hydrogens is 406 g/mol. The number of hydrogen-bond donors (Lipinski definition) is 1. The van der Waals surface area contributed by atoms with Crippen LogP contribution in [0.2, 0.25) is 0 Å². The molecular formula is C24H23N5OS. The maximum Gasteiger partial charge on any atom is 0.238 e. The second-order valence-corrected chi connectivity index (χ2v) is 8.54. The first kappa shape index (κ1) is 20.9. The average Bonchev–Trinajstić information content (AvgIpc) is 3.30. The molecule has 0 saturated carbocycles. The Hall–Kier alpha value is -3.37. The fourth-order valence-corrected chi connectivity index (χ4v) is 4.85. The predicted octanol–water partition coefficient (Wildman–Crippen LogP) is 4.07. The van der Waals surface area contributed by atoms with Crippen LogP contribution in [-0.4, -0.2) is 28.8 Å². The van der Waals surface area contributed by atoms with Crippen LogP contribution in [0, 0.1) is 17.2 Å². The number of allylic oxidation sites excluding steroid dienone is 2. The highest BCUT2D eigenvalue weighted by molar-refractivity contribution is 8.06. The van der Waals surface area contributed by atoms with Gasteiger partial charge < -0.3 is 5.73 Å². The van der Waals surface area contributed by atoms with Crippen molar-refractivity contribution in [1.82, 2.24) is 9.88 Å². The number of hydrogen-bond acceptors (Lipinski definition) is 6. The van der Waals surface area contributed by atoms with Gasteiger partial charge in [-0.3, -0.25) is 14.7 Å². The van der Waals surface area contributed by atoms with Crippen molar-refractivity contribution in [3.8, 4) is 6.07 Å². The molecule has 0 saturated heterocycles. The summed E-state index contributed by atoms with van der Waals surface area (Å²) in [6.07, 6.45) is 4.81. The van der Waals surface area contributed by atoms with Crippen molar-refractivity contribution in [1.29, 1.82) is 5.26 Å². The van der Waals surface area contributed by atoms with Gasteiger partial charge in [-0.25, -0.2) is 4.99 Å². The molecule has 2 N–H and O–H groups in total. The SMILES string of the molecule is CN1C(=O)C(CCCc2ccccn2)/C(=C2/CC(c3cccc(C#N)c3)=CS2)N=C1N. The summed E-state index contributed by atoms with van der Waals surface area (Å²) in [6, 6.07) is 15.6. The van der Waals surface area contributed by atoms with Crippen molar-refractivity contribution < 1.29 is 4.79 Å². The summed E-state index contributed by atoms with van der Waals surface area (Å²) in [6.45, 7) is 0. The van der Waals surface area contributed by atoms with Crippen LogP contribution in [0.4, 0.5) is 0 Å². The molecule has 6 nitrogen and oxygen atoms in total. The van der Waals surface area contributed by atoms with Gasteiger partial charge in [0.1, 0.15) is 0 Å². The molecule has 3 heterocycles. The maximum atomic E-state index is 13.0. The van der Waals surface area contributed by atoms with Crippen molar-refractivity contribution in [2.75, 3.05) is 7.05 Å². The number of thioether (sulfide) groups is 1. The van der Waals surface area contributed by atoms with E-state index in [1.807, 2.05) is 36.4 Å². The summed E-state index contributed by atoms with van der Waals surface area (Å²) in [5.41, 5.74) is 10.6. The van der Waals surface area contributed by atoms with Crippen LogP contribution in [0.3, 0.4) is 0 Å². The molecule has 1 aromatic heterocycles. The van der Waals surface area contributed by atoms with Gasteiger partial charge >= 0.3 is 0 Å². The Morgan fingerprint density at radius 2 is 2.16 bits per heavy atom. The number of benzene rings is 1. The number of nitrogens with two attached hydrogens (primary N) is 1. The minimum atomic E-state index is -0.318. The van der Waals surface area contributed by atoms with Crippen molar-refractivity contribution in [3.63, 3.8) is 0 Å². The third-order valence-electron chi connectivity index (χ3n) is 5.53. The smallest absolute Gasteiger partial charge is 0.238 e. The highest BCUT2D eigenvalue weighted by Gasteiger charge is 2.34. The summed E-state index contributed by atoms with van der Waals surface area (Å²) >= 11 is 1.59. The van der Waals surface area contributed by atoms with Crippen molar-refractivity contribution in [2.24, 2.45) is 16.6 Å². The quantitative estimate of drug-likeness (QED) is 0.773. The summed E-state index contributed by atoms with van der Waals surface area (Å²) in [5, 5.41) is 11.3. The second-order valence-electron chi connectivity index (χ2n) is 7.57. The third-order valence-corrected chi connectivity index (χ3v) is 6.57. The largest absolute Gasteiger partial charge is 0.369 e. The lowest BCUT2D eigenvalue weighted by Gasteiger charge is -2.29. The predicted molar refractivity (Wildman–Crippen MR) is 123 cm³/mol. The van der Waals surface area contributed by atoms with Gasteiger partial charge in [-0.2, -0.15) is 5.26 Å². The molecule has 2 aliphatic heterocycles. The zero-order valence-corrected chi connectivity index (χ0v) is 18.1. The number of aliphatic imine (C=N–C) groups is 1. The molecule has 2 aromatic rings. The summed E-state index contributed by atoms with van der Waals surface area (Å²) in [4.78, 5) is 24.5. The molecule has 1 amide bonds. The Labute approximate surface area is 186 Å². The van der Waals surface area contributed by atoms with Crippen LogP contribution in [0.15, 0.2) is 69.7 Å². The van der Waals surface area contributed by atoms with E-state index in [-0.39, 0.29) is 17.8 Å². The number of amides is 1. The number of carbonyl (C=O) groups is 1. The number of aryl methyl sites for hydroxylation is 1. The van der Waals surface area contributed by atoms with Gasteiger partial charge in [-0.15, -0.1) is 0 Å². The van der Waals surface area contributed by atoms with E-state index >= 15 is 0 Å². The Balaban J connectivity index is 1.55. The van der Waals surface area contributed by atoms with E-state index in [1.165, 1.54) is 4.90 Å². The highest BCUT2D eigenvalue weighted by Crippen LogP contribution is 2.44. The molecule has 1 atom stereocenters. The van der Waals surface area contributed by atoms with Crippen molar-refractivity contribution in [2.45, 2.75) is 25.7 Å².